The summed E-state index contributed by atoms with van der Waals surface area (Å²) < 4.78 is 26.6. The molecule has 134 valence electrons. The summed E-state index contributed by atoms with van der Waals surface area (Å²) in [6, 6.07) is 7.53. The fraction of sp³-hybridized carbons (Fsp3) is 0.588. The lowest BCUT2D eigenvalue weighted by atomic mass is 10.2. The molecule has 1 aromatic rings. The monoisotopic (exact) mass is 356 g/mol. The van der Waals surface area contributed by atoms with Crippen LogP contribution in [-0.4, -0.2) is 53.6 Å². The van der Waals surface area contributed by atoms with Gasteiger partial charge in [0.15, 0.2) is 0 Å². The van der Waals surface area contributed by atoms with Crippen LogP contribution in [0.3, 0.4) is 0 Å². The molecule has 1 saturated heterocycles. The van der Waals surface area contributed by atoms with E-state index in [2.05, 4.69) is 0 Å². The molecule has 0 saturated carbocycles. The van der Waals surface area contributed by atoms with Crippen LogP contribution in [-0.2, 0) is 25.1 Å². The van der Waals surface area contributed by atoms with Gasteiger partial charge in [-0.05, 0) is 27.7 Å². The zero-order chi connectivity index (χ0) is 17.7. The van der Waals surface area contributed by atoms with Gasteiger partial charge < -0.3 is 14.4 Å². The zero-order valence-corrected chi connectivity index (χ0v) is 15.5. The lowest BCUT2D eigenvalue weighted by molar-refractivity contribution is -0.0548. The molecule has 1 aromatic carbocycles. The van der Waals surface area contributed by atoms with Gasteiger partial charge in [-0.25, -0.2) is 4.79 Å². The van der Waals surface area contributed by atoms with Crippen molar-refractivity contribution in [1.29, 1.82) is 0 Å². The van der Waals surface area contributed by atoms with E-state index in [0.717, 1.165) is 10.5 Å². The van der Waals surface area contributed by atoms with Crippen molar-refractivity contribution in [3.05, 3.63) is 29.8 Å². The first kappa shape index (κ1) is 19.1. The molecule has 0 spiro atoms. The number of hydrogen-bond donors (Lipinski definition) is 1. The van der Waals surface area contributed by atoms with Crippen LogP contribution in [0.1, 0.15) is 26.3 Å². The maximum Gasteiger partial charge on any atom is 0.410 e. The molecule has 6 nitrogen and oxygen atoms in total. The number of morpholine rings is 1. The van der Waals surface area contributed by atoms with Crippen molar-refractivity contribution in [1.82, 2.24) is 4.90 Å². The second-order valence-corrected chi connectivity index (χ2v) is 7.97. The summed E-state index contributed by atoms with van der Waals surface area (Å²) in [5.74, 6) is 0. The lowest BCUT2D eigenvalue weighted by Gasteiger charge is -2.33. The van der Waals surface area contributed by atoms with Crippen LogP contribution < -0.4 is 0 Å². The quantitative estimate of drug-likeness (QED) is 0.840. The Labute approximate surface area is 146 Å². The van der Waals surface area contributed by atoms with Gasteiger partial charge in [-0.1, -0.05) is 17.7 Å². The summed E-state index contributed by atoms with van der Waals surface area (Å²) in [5.41, 5.74) is 0.601. The Morgan fingerprint density at radius 1 is 1.38 bits per heavy atom. The minimum Gasteiger partial charge on any atom is -0.444 e. The van der Waals surface area contributed by atoms with Crippen LogP contribution in [0.2, 0.25) is 0 Å². The molecule has 1 fully saturated rings. The molecular formula is C17H26NO5S+. The van der Waals surface area contributed by atoms with E-state index >= 15 is 0 Å². The fourth-order valence-electron chi connectivity index (χ4n) is 2.18. The van der Waals surface area contributed by atoms with Gasteiger partial charge in [0.1, 0.15) is 18.3 Å². The third kappa shape index (κ3) is 5.98. The highest BCUT2D eigenvalue weighted by Gasteiger charge is 2.31. The fourth-order valence-corrected chi connectivity index (χ4v) is 2.96. The normalized spacial score (nSPS) is 19.9. The van der Waals surface area contributed by atoms with Gasteiger partial charge in [0.05, 0.1) is 13.2 Å². The molecule has 1 heterocycles. The van der Waals surface area contributed by atoms with E-state index in [1.807, 2.05) is 52.0 Å². The summed E-state index contributed by atoms with van der Waals surface area (Å²) in [6.45, 7) is 9.03. The summed E-state index contributed by atoms with van der Waals surface area (Å²) in [5, 5.41) is 0. The van der Waals surface area contributed by atoms with Gasteiger partial charge in [0.2, 0.25) is 4.90 Å². The van der Waals surface area contributed by atoms with Crippen molar-refractivity contribution in [3.63, 3.8) is 0 Å². The van der Waals surface area contributed by atoms with Crippen molar-refractivity contribution in [2.75, 3.05) is 26.3 Å². The molecule has 2 atom stereocenters. The highest BCUT2D eigenvalue weighted by molar-refractivity contribution is 7.86. The number of nitrogens with zero attached hydrogens (tertiary/aromatic N) is 1. The Balaban J connectivity index is 1.82. The Bertz CT molecular complexity index is 543. The molecule has 24 heavy (non-hydrogen) atoms. The number of carbonyl (C=O) groups is 1. The first-order chi connectivity index (χ1) is 11.2. The number of rotatable bonds is 4. The standard InChI is InChI=1S/C17H26NO5S/c1-13-5-7-15(8-6-13)24(20)22-12-14-11-18(9-10-21-14)16(19)23-17(2,3)4/h5-8,14,20H,9-12H2,1-4H3/q+1/t14-,24?/m1/s1. The molecule has 1 unspecified atom stereocenters. The van der Waals surface area contributed by atoms with Gasteiger partial charge >= 0.3 is 17.5 Å². The van der Waals surface area contributed by atoms with Crippen LogP contribution in [0.4, 0.5) is 4.79 Å². The van der Waals surface area contributed by atoms with Gasteiger partial charge in [-0.3, -0.25) is 0 Å². The zero-order valence-electron chi connectivity index (χ0n) is 14.7. The Hall–Kier alpha value is -1.28. The first-order valence-electron chi connectivity index (χ1n) is 7.97. The van der Waals surface area contributed by atoms with Crippen molar-refractivity contribution < 1.29 is 23.0 Å². The highest BCUT2D eigenvalue weighted by atomic mass is 32.2. The number of hydrogen-bond acceptors (Lipinski definition) is 5. The lowest BCUT2D eigenvalue weighted by Crippen LogP contribution is -2.48. The highest BCUT2D eigenvalue weighted by Crippen LogP contribution is 2.16. The molecule has 0 radical (unpaired) electrons. The van der Waals surface area contributed by atoms with Crippen molar-refractivity contribution >= 4 is 17.5 Å². The predicted molar refractivity (Wildman–Crippen MR) is 92.9 cm³/mol. The van der Waals surface area contributed by atoms with E-state index < -0.39 is 17.1 Å². The number of ether oxygens (including phenoxy) is 2. The maximum atomic E-state index is 12.1. The minimum absolute atomic E-state index is 0.215. The molecule has 7 heteroatoms. The van der Waals surface area contributed by atoms with E-state index in [4.69, 9.17) is 13.7 Å². The summed E-state index contributed by atoms with van der Waals surface area (Å²) in [7, 11) is 0. The Morgan fingerprint density at radius 3 is 2.67 bits per heavy atom. The van der Waals surface area contributed by atoms with Gasteiger partial charge in [-0.15, -0.1) is 8.74 Å². The van der Waals surface area contributed by atoms with Crippen molar-refractivity contribution in [2.24, 2.45) is 0 Å². The SMILES string of the molecule is Cc1ccc([S+](O)OC[C@H]2CN(C(=O)OC(C)(C)C)CCO2)cc1. The number of amides is 1. The Kier molecular flexibility index (Phi) is 6.51. The van der Waals surface area contributed by atoms with Crippen LogP contribution >= 0.6 is 0 Å². The summed E-state index contributed by atoms with van der Waals surface area (Å²) >= 11 is -1.30. The third-order valence-electron chi connectivity index (χ3n) is 3.38. The van der Waals surface area contributed by atoms with E-state index in [0.29, 0.717) is 19.7 Å². The molecule has 0 bridgehead atoms. The van der Waals surface area contributed by atoms with E-state index in [1.54, 1.807) is 4.90 Å². The van der Waals surface area contributed by atoms with Crippen molar-refractivity contribution in [3.8, 4) is 0 Å². The molecule has 1 N–H and O–H groups in total. The third-order valence-corrected chi connectivity index (χ3v) is 4.41. The molecule has 2 rings (SSSR count). The van der Waals surface area contributed by atoms with Crippen molar-refractivity contribution in [2.45, 2.75) is 44.3 Å². The predicted octanol–water partition coefficient (Wildman–Crippen LogP) is 3.01. The molecule has 1 aliphatic rings. The number of carbonyl (C=O) groups excluding carboxylic acids is 1. The Morgan fingerprint density at radius 2 is 2.04 bits per heavy atom. The molecule has 0 aromatic heterocycles. The van der Waals surface area contributed by atoms with Crippen LogP contribution in [0.25, 0.3) is 0 Å². The minimum atomic E-state index is -1.30. The van der Waals surface area contributed by atoms with Crippen LogP contribution in [0, 0.1) is 6.92 Å². The van der Waals surface area contributed by atoms with Gasteiger partial charge in [-0.2, -0.15) is 0 Å². The van der Waals surface area contributed by atoms with Crippen LogP contribution in [0.5, 0.6) is 0 Å². The van der Waals surface area contributed by atoms with Crippen LogP contribution in [0.15, 0.2) is 29.2 Å². The average molecular weight is 356 g/mol. The number of benzene rings is 1. The molecule has 1 amide bonds. The summed E-state index contributed by atoms with van der Waals surface area (Å²) in [4.78, 5) is 14.4. The van der Waals surface area contributed by atoms with E-state index in [9.17, 15) is 9.35 Å². The summed E-state index contributed by atoms with van der Waals surface area (Å²) in [6.07, 6.45) is -0.629. The molecule has 1 aliphatic heterocycles. The van der Waals surface area contributed by atoms with Gasteiger partial charge in [0.25, 0.3) is 0 Å². The second kappa shape index (κ2) is 8.20. The average Bonchev–Trinajstić information content (AvgIpc) is 2.52. The molecular weight excluding hydrogens is 330 g/mol. The topological polar surface area (TPSA) is 68.2 Å². The smallest absolute Gasteiger partial charge is 0.410 e. The molecule has 0 aliphatic carbocycles. The first-order valence-corrected chi connectivity index (χ1v) is 9.08. The second-order valence-electron chi connectivity index (χ2n) is 6.77. The number of aryl methyl sites for hydroxylation is 1. The van der Waals surface area contributed by atoms with E-state index in [-0.39, 0.29) is 18.8 Å². The van der Waals surface area contributed by atoms with E-state index in [1.165, 1.54) is 0 Å². The van der Waals surface area contributed by atoms with Gasteiger partial charge in [0, 0.05) is 18.7 Å². The maximum absolute atomic E-state index is 12.1. The largest absolute Gasteiger partial charge is 0.444 e.